The molecular formula is C51H34N6. The Morgan fingerprint density at radius 2 is 0.579 bits per heavy atom. The monoisotopic (exact) mass is 730 g/mol. The van der Waals surface area contributed by atoms with Crippen molar-refractivity contribution in [1.29, 1.82) is 0 Å². The zero-order valence-electron chi connectivity index (χ0n) is 30.8. The standard InChI is InChI=1S/C51H34N6/c1-4-19-35(20-5-1)49-52-39-26-11-15-30-43(39)55(49)42-29-14-10-25-38(42)48-46(56-44-31-16-12-27-40(44)53-50(56)36-21-6-2-7-22-36)33-18-34-47(48)57-45-32-17-13-28-41(45)54-51(57)37-23-8-3-9-24-37/h1-34H. The van der Waals surface area contributed by atoms with Gasteiger partial charge in [-0.3, -0.25) is 13.7 Å². The first kappa shape index (κ1) is 32.6. The largest absolute Gasteiger partial charge is 0.292 e. The molecule has 0 aliphatic heterocycles. The number of rotatable bonds is 7. The summed E-state index contributed by atoms with van der Waals surface area (Å²) in [5.74, 6) is 2.61. The fourth-order valence-corrected chi connectivity index (χ4v) is 8.21. The van der Waals surface area contributed by atoms with Crippen LogP contribution in [0.2, 0.25) is 0 Å². The third-order valence-electron chi connectivity index (χ3n) is 10.7. The highest BCUT2D eigenvalue weighted by molar-refractivity contribution is 5.95. The van der Waals surface area contributed by atoms with Crippen LogP contribution in [0, 0.1) is 0 Å². The van der Waals surface area contributed by atoms with Crippen LogP contribution < -0.4 is 0 Å². The molecule has 0 spiro atoms. The maximum atomic E-state index is 5.30. The van der Waals surface area contributed by atoms with Gasteiger partial charge in [-0.1, -0.05) is 152 Å². The van der Waals surface area contributed by atoms with Gasteiger partial charge >= 0.3 is 0 Å². The van der Waals surface area contributed by atoms with E-state index in [1.165, 1.54) is 0 Å². The summed E-state index contributed by atoms with van der Waals surface area (Å²) in [6, 6.07) is 71.9. The molecule has 0 amide bonds. The fraction of sp³-hybridized carbons (Fsp3) is 0. The molecular weight excluding hydrogens is 697 g/mol. The minimum Gasteiger partial charge on any atom is -0.292 e. The SMILES string of the molecule is c1ccc(-c2nc3ccccc3n2-c2ccccc2-c2c(-n3c(-c4ccccc4)nc4ccccc43)cccc2-n2c(-c3ccccc3)nc3ccccc32)cc1. The Labute approximate surface area is 329 Å². The number of hydrogen-bond acceptors (Lipinski definition) is 3. The number of para-hydroxylation sites is 7. The summed E-state index contributed by atoms with van der Waals surface area (Å²) < 4.78 is 6.96. The Bertz CT molecular complexity index is 3090. The average molecular weight is 731 g/mol. The molecule has 6 nitrogen and oxygen atoms in total. The maximum Gasteiger partial charge on any atom is 0.145 e. The van der Waals surface area contributed by atoms with E-state index < -0.39 is 0 Å². The molecule has 268 valence electrons. The van der Waals surface area contributed by atoms with Crippen molar-refractivity contribution in [2.24, 2.45) is 0 Å². The molecule has 0 N–H and O–H groups in total. The minimum atomic E-state index is 0.865. The Kier molecular flexibility index (Phi) is 7.71. The van der Waals surface area contributed by atoms with Gasteiger partial charge in [0.05, 0.1) is 50.2 Å². The van der Waals surface area contributed by atoms with E-state index in [1.807, 2.05) is 18.2 Å². The number of nitrogens with zero attached hydrogens (tertiary/aromatic N) is 6. The number of hydrogen-bond donors (Lipinski definition) is 0. The second-order valence-corrected chi connectivity index (χ2v) is 14.1. The third kappa shape index (κ3) is 5.38. The quantitative estimate of drug-likeness (QED) is 0.164. The summed E-state index contributed by atoms with van der Waals surface area (Å²) in [6.45, 7) is 0. The van der Waals surface area contributed by atoms with Crippen molar-refractivity contribution >= 4 is 33.1 Å². The molecule has 0 aliphatic carbocycles. The molecule has 11 rings (SSSR count). The van der Waals surface area contributed by atoms with E-state index in [2.05, 4.69) is 202 Å². The van der Waals surface area contributed by atoms with Crippen LogP contribution in [0.3, 0.4) is 0 Å². The lowest BCUT2D eigenvalue weighted by Gasteiger charge is -2.23. The molecule has 0 fully saturated rings. The Morgan fingerprint density at radius 1 is 0.263 bits per heavy atom. The maximum absolute atomic E-state index is 5.30. The Morgan fingerprint density at radius 3 is 1.00 bits per heavy atom. The molecule has 0 saturated heterocycles. The van der Waals surface area contributed by atoms with Gasteiger partial charge in [0.15, 0.2) is 0 Å². The molecule has 0 saturated carbocycles. The predicted molar refractivity (Wildman–Crippen MR) is 232 cm³/mol. The van der Waals surface area contributed by atoms with Gasteiger partial charge in [-0.2, -0.15) is 0 Å². The highest BCUT2D eigenvalue weighted by Crippen LogP contribution is 2.44. The Hall–Kier alpha value is -7.83. The van der Waals surface area contributed by atoms with E-state index in [0.29, 0.717) is 0 Å². The van der Waals surface area contributed by atoms with Crippen LogP contribution in [-0.2, 0) is 0 Å². The topological polar surface area (TPSA) is 53.5 Å². The second-order valence-electron chi connectivity index (χ2n) is 14.1. The number of imidazole rings is 3. The van der Waals surface area contributed by atoms with E-state index in [0.717, 1.165) is 95.5 Å². The molecule has 0 radical (unpaired) electrons. The first-order chi connectivity index (χ1) is 28.3. The van der Waals surface area contributed by atoms with Gasteiger partial charge in [0, 0.05) is 27.8 Å². The normalized spacial score (nSPS) is 11.5. The first-order valence-electron chi connectivity index (χ1n) is 19.1. The van der Waals surface area contributed by atoms with E-state index in [9.17, 15) is 0 Å². The smallest absolute Gasteiger partial charge is 0.145 e. The molecule has 8 aromatic carbocycles. The summed E-state index contributed by atoms with van der Waals surface area (Å²) in [5, 5.41) is 0. The number of aromatic nitrogens is 6. The third-order valence-corrected chi connectivity index (χ3v) is 10.7. The number of benzene rings is 8. The molecule has 6 heteroatoms. The van der Waals surface area contributed by atoms with Crippen LogP contribution in [0.25, 0.3) is 95.5 Å². The zero-order chi connectivity index (χ0) is 37.7. The van der Waals surface area contributed by atoms with Gasteiger partial charge in [0.25, 0.3) is 0 Å². The predicted octanol–water partition coefficient (Wildman–Crippen LogP) is 12.4. The lowest BCUT2D eigenvalue weighted by molar-refractivity contribution is 1.06. The molecule has 0 unspecified atom stereocenters. The van der Waals surface area contributed by atoms with Crippen molar-refractivity contribution in [1.82, 2.24) is 28.7 Å². The minimum absolute atomic E-state index is 0.865. The van der Waals surface area contributed by atoms with Crippen molar-refractivity contribution in [2.45, 2.75) is 0 Å². The van der Waals surface area contributed by atoms with Gasteiger partial charge in [-0.25, -0.2) is 15.0 Å². The molecule has 0 bridgehead atoms. The lowest BCUT2D eigenvalue weighted by atomic mass is 9.97. The van der Waals surface area contributed by atoms with Crippen LogP contribution in [-0.4, -0.2) is 28.7 Å². The van der Waals surface area contributed by atoms with Gasteiger partial charge in [-0.15, -0.1) is 0 Å². The van der Waals surface area contributed by atoms with Crippen LogP contribution in [0.5, 0.6) is 0 Å². The van der Waals surface area contributed by atoms with Crippen LogP contribution in [0.15, 0.2) is 206 Å². The second kappa shape index (κ2) is 13.5. The van der Waals surface area contributed by atoms with Crippen LogP contribution >= 0.6 is 0 Å². The van der Waals surface area contributed by atoms with E-state index in [-0.39, 0.29) is 0 Å². The summed E-state index contributed by atoms with van der Waals surface area (Å²) >= 11 is 0. The zero-order valence-corrected chi connectivity index (χ0v) is 30.8. The average Bonchev–Trinajstić information content (AvgIpc) is 3.99. The van der Waals surface area contributed by atoms with Gasteiger partial charge in [0.2, 0.25) is 0 Å². The number of fused-ring (bicyclic) bond motifs is 3. The van der Waals surface area contributed by atoms with E-state index >= 15 is 0 Å². The molecule has 0 aliphatic rings. The van der Waals surface area contributed by atoms with Crippen molar-refractivity contribution in [3.63, 3.8) is 0 Å². The molecule has 11 aromatic rings. The van der Waals surface area contributed by atoms with Gasteiger partial charge in [-0.05, 0) is 54.6 Å². The van der Waals surface area contributed by atoms with Crippen LogP contribution in [0.1, 0.15) is 0 Å². The summed E-state index contributed by atoms with van der Waals surface area (Å²) in [7, 11) is 0. The summed E-state index contributed by atoms with van der Waals surface area (Å²) in [4.78, 5) is 15.9. The van der Waals surface area contributed by atoms with Gasteiger partial charge in [0.1, 0.15) is 17.5 Å². The molecule has 3 aromatic heterocycles. The van der Waals surface area contributed by atoms with Crippen molar-refractivity contribution < 1.29 is 0 Å². The van der Waals surface area contributed by atoms with Crippen molar-refractivity contribution in [3.8, 4) is 62.4 Å². The van der Waals surface area contributed by atoms with Crippen molar-refractivity contribution in [3.05, 3.63) is 206 Å². The lowest BCUT2D eigenvalue weighted by Crippen LogP contribution is -2.08. The first-order valence-corrected chi connectivity index (χ1v) is 19.1. The van der Waals surface area contributed by atoms with Gasteiger partial charge < -0.3 is 0 Å². The summed E-state index contributed by atoms with van der Waals surface area (Å²) in [5.41, 5.74) is 14.0. The highest BCUT2D eigenvalue weighted by atomic mass is 15.1. The molecule has 57 heavy (non-hydrogen) atoms. The van der Waals surface area contributed by atoms with Crippen LogP contribution in [0.4, 0.5) is 0 Å². The summed E-state index contributed by atoms with van der Waals surface area (Å²) in [6.07, 6.45) is 0. The fourth-order valence-electron chi connectivity index (χ4n) is 8.21. The van der Waals surface area contributed by atoms with Crippen molar-refractivity contribution in [2.75, 3.05) is 0 Å². The van der Waals surface area contributed by atoms with E-state index in [4.69, 9.17) is 15.0 Å². The molecule has 3 heterocycles. The van der Waals surface area contributed by atoms with E-state index in [1.54, 1.807) is 0 Å². The molecule has 0 atom stereocenters. The highest BCUT2D eigenvalue weighted by Gasteiger charge is 2.26. The Balaban J connectivity index is 1.30.